The van der Waals surface area contributed by atoms with E-state index in [-0.39, 0.29) is 5.71 Å². The molecule has 0 aliphatic carbocycles. The lowest BCUT2D eigenvalue weighted by Crippen LogP contribution is -2.00. The van der Waals surface area contributed by atoms with E-state index in [9.17, 15) is 0 Å². The molecule has 2 N–H and O–H groups in total. The van der Waals surface area contributed by atoms with E-state index >= 15 is 0 Å². The Kier molecular flexibility index (Phi) is 1.67. The van der Waals surface area contributed by atoms with E-state index < -0.39 is 0 Å². The lowest BCUT2D eigenvalue weighted by molar-refractivity contribution is 1.32. The van der Waals surface area contributed by atoms with E-state index in [2.05, 4.69) is 4.98 Å². The van der Waals surface area contributed by atoms with E-state index in [1.54, 1.807) is 25.3 Å². The van der Waals surface area contributed by atoms with Gasteiger partial charge in [0.15, 0.2) is 0 Å². The number of nitrogen functional groups attached to an aromatic ring is 1. The minimum Gasteiger partial charge on any atom is -0.807 e. The minimum atomic E-state index is 0.200. The summed E-state index contributed by atoms with van der Waals surface area (Å²) in [5.41, 5.74) is 6.23. The van der Waals surface area contributed by atoms with Gasteiger partial charge in [-0.1, -0.05) is 13.0 Å². The number of rotatable bonds is 1. The van der Waals surface area contributed by atoms with E-state index in [1.165, 1.54) is 0 Å². The Morgan fingerprint density at radius 3 is 2.80 bits per heavy atom. The number of nitrogens with zero attached hydrogens (tertiary/aromatic N) is 2. The van der Waals surface area contributed by atoms with Gasteiger partial charge in [0.2, 0.25) is 0 Å². The van der Waals surface area contributed by atoms with Crippen molar-refractivity contribution in [1.29, 1.82) is 0 Å². The van der Waals surface area contributed by atoms with E-state index in [1.807, 2.05) is 0 Å². The van der Waals surface area contributed by atoms with Crippen LogP contribution in [0.5, 0.6) is 0 Å². The van der Waals surface area contributed by atoms with Gasteiger partial charge < -0.3 is 11.1 Å². The highest BCUT2D eigenvalue weighted by Crippen LogP contribution is 2.06. The van der Waals surface area contributed by atoms with Crippen molar-refractivity contribution in [1.82, 2.24) is 4.98 Å². The van der Waals surface area contributed by atoms with Crippen LogP contribution in [0.4, 0.5) is 5.82 Å². The lowest BCUT2D eigenvalue weighted by atomic mass is 10.2. The first kappa shape index (κ1) is 6.74. The topological polar surface area (TPSA) is 61.2 Å². The van der Waals surface area contributed by atoms with Crippen LogP contribution in [-0.4, -0.2) is 10.7 Å². The highest BCUT2D eigenvalue weighted by atomic mass is 14.8. The molecule has 0 saturated carbocycles. The molecule has 0 aliphatic rings. The Hall–Kier alpha value is -1.38. The van der Waals surface area contributed by atoms with Crippen LogP contribution in [0.15, 0.2) is 18.3 Å². The lowest BCUT2D eigenvalue weighted by Gasteiger charge is -2.07. The number of hydrogen-bond donors (Lipinski definition) is 1. The monoisotopic (exact) mass is 134 g/mol. The van der Waals surface area contributed by atoms with Crippen LogP contribution in [-0.2, 0) is 0 Å². The maximum Gasteiger partial charge on any atom is 0.128 e. The Morgan fingerprint density at radius 2 is 2.40 bits per heavy atom. The van der Waals surface area contributed by atoms with Crippen LogP contribution < -0.4 is 5.73 Å². The summed E-state index contributed by atoms with van der Waals surface area (Å²) in [6, 6.07) is 3.45. The van der Waals surface area contributed by atoms with Crippen LogP contribution in [0, 0.1) is 0 Å². The van der Waals surface area contributed by atoms with Gasteiger partial charge in [-0.15, -0.1) is 0 Å². The van der Waals surface area contributed by atoms with Gasteiger partial charge in [0.25, 0.3) is 0 Å². The predicted octanol–water partition coefficient (Wildman–Crippen LogP) is 1.04. The third-order valence-electron chi connectivity index (χ3n) is 1.23. The molecule has 0 fully saturated rings. The number of anilines is 1. The average molecular weight is 134 g/mol. The van der Waals surface area contributed by atoms with Crippen molar-refractivity contribution in [2.24, 2.45) is 0 Å². The Labute approximate surface area is 59.4 Å². The number of nitrogens with two attached hydrogens (primary N) is 1. The van der Waals surface area contributed by atoms with Crippen molar-refractivity contribution in [2.45, 2.75) is 6.92 Å². The van der Waals surface area contributed by atoms with Crippen LogP contribution in [0.3, 0.4) is 0 Å². The standard InChI is InChI=1S/C7H8N3/c1-5(8)6-3-2-4-10-7(6)9/h2-4H,1H3,(H2,9,10)/q-1. The summed E-state index contributed by atoms with van der Waals surface area (Å²) in [5.74, 6) is 0.363. The molecule has 1 aromatic rings. The molecule has 0 amide bonds. The van der Waals surface area contributed by atoms with Gasteiger partial charge in [-0.3, -0.25) is 0 Å². The molecule has 0 aromatic carbocycles. The molecule has 1 heterocycles. The molecule has 0 aliphatic heterocycles. The third-order valence-corrected chi connectivity index (χ3v) is 1.23. The van der Waals surface area contributed by atoms with E-state index in [0.29, 0.717) is 11.4 Å². The van der Waals surface area contributed by atoms with Gasteiger partial charge in [0.05, 0.1) is 0 Å². The first-order valence-electron chi connectivity index (χ1n) is 2.95. The summed E-state index contributed by atoms with van der Waals surface area (Å²) >= 11 is 0. The maximum atomic E-state index is 9.00. The first-order chi connectivity index (χ1) is 4.72. The predicted molar refractivity (Wildman–Crippen MR) is 41.8 cm³/mol. The van der Waals surface area contributed by atoms with Crippen LogP contribution >= 0.6 is 0 Å². The molecule has 0 unspecified atom stereocenters. The zero-order valence-corrected chi connectivity index (χ0v) is 5.70. The Balaban J connectivity index is 3.15. The molecule has 0 bridgehead atoms. The molecule has 3 nitrogen and oxygen atoms in total. The first-order valence-corrected chi connectivity index (χ1v) is 2.95. The van der Waals surface area contributed by atoms with Crippen molar-refractivity contribution in [3.8, 4) is 0 Å². The number of hydrogen-bond acceptors (Lipinski definition) is 2. The summed E-state index contributed by atoms with van der Waals surface area (Å²) in [6.07, 6.45) is 1.59. The largest absolute Gasteiger partial charge is 0.807 e. The van der Waals surface area contributed by atoms with Gasteiger partial charge in [0, 0.05) is 6.20 Å². The van der Waals surface area contributed by atoms with Crippen LogP contribution in [0.25, 0.3) is 5.41 Å². The van der Waals surface area contributed by atoms with Crippen molar-refractivity contribution in [2.75, 3.05) is 5.73 Å². The van der Waals surface area contributed by atoms with Crippen molar-refractivity contribution >= 4 is 11.5 Å². The Bertz CT molecular complexity index is 255. The molecular formula is C7H8N3-. The van der Waals surface area contributed by atoms with Gasteiger partial charge in [0.1, 0.15) is 5.82 Å². The molecule has 0 saturated heterocycles. The van der Waals surface area contributed by atoms with Crippen molar-refractivity contribution in [3.63, 3.8) is 0 Å². The quantitative estimate of drug-likeness (QED) is 0.583. The number of pyridine rings is 1. The highest BCUT2D eigenvalue weighted by molar-refractivity contribution is 6.04. The molecule has 3 heteroatoms. The van der Waals surface area contributed by atoms with Crippen LogP contribution in [0.1, 0.15) is 12.5 Å². The molecule has 1 rings (SSSR count). The number of aromatic nitrogens is 1. The van der Waals surface area contributed by atoms with E-state index in [0.717, 1.165) is 0 Å². The zero-order chi connectivity index (χ0) is 7.56. The van der Waals surface area contributed by atoms with Crippen LogP contribution in [0.2, 0.25) is 0 Å². The smallest absolute Gasteiger partial charge is 0.128 e. The van der Waals surface area contributed by atoms with Gasteiger partial charge >= 0.3 is 0 Å². The highest BCUT2D eigenvalue weighted by Gasteiger charge is 1.92. The molecule has 1 aromatic heterocycles. The SMILES string of the molecule is CC(=[N-])c1cccnc1N. The normalized spacial score (nSPS) is 9.30. The van der Waals surface area contributed by atoms with Gasteiger partial charge in [-0.2, -0.15) is 5.71 Å². The fourth-order valence-corrected chi connectivity index (χ4v) is 0.723. The maximum absolute atomic E-state index is 9.00. The molecule has 0 radical (unpaired) electrons. The fraction of sp³-hybridized carbons (Fsp3) is 0.143. The van der Waals surface area contributed by atoms with Crippen molar-refractivity contribution in [3.05, 3.63) is 29.3 Å². The molecule has 52 valence electrons. The summed E-state index contributed by atoms with van der Waals surface area (Å²) in [6.45, 7) is 1.58. The summed E-state index contributed by atoms with van der Waals surface area (Å²) in [5, 5.41) is 9.00. The molecule has 10 heavy (non-hydrogen) atoms. The van der Waals surface area contributed by atoms with Crippen molar-refractivity contribution < 1.29 is 0 Å². The zero-order valence-electron chi connectivity index (χ0n) is 5.70. The molecular weight excluding hydrogens is 126 g/mol. The molecule has 0 atom stereocenters. The Morgan fingerprint density at radius 1 is 1.70 bits per heavy atom. The molecule has 0 spiro atoms. The fourth-order valence-electron chi connectivity index (χ4n) is 0.723. The van der Waals surface area contributed by atoms with Gasteiger partial charge in [-0.25, -0.2) is 4.98 Å². The minimum absolute atomic E-state index is 0.200. The summed E-state index contributed by atoms with van der Waals surface area (Å²) < 4.78 is 0. The summed E-state index contributed by atoms with van der Waals surface area (Å²) in [4.78, 5) is 3.80. The average Bonchev–Trinajstić information content (AvgIpc) is 1.88. The summed E-state index contributed by atoms with van der Waals surface area (Å²) in [7, 11) is 0. The third kappa shape index (κ3) is 1.13. The second kappa shape index (κ2) is 2.47. The van der Waals surface area contributed by atoms with E-state index in [4.69, 9.17) is 11.1 Å². The van der Waals surface area contributed by atoms with Gasteiger partial charge in [-0.05, 0) is 11.6 Å². The second-order valence-corrected chi connectivity index (χ2v) is 2.02. The second-order valence-electron chi connectivity index (χ2n) is 2.02.